The van der Waals surface area contributed by atoms with Gasteiger partial charge < -0.3 is 20.7 Å². The van der Waals surface area contributed by atoms with Gasteiger partial charge in [-0.05, 0) is 34.9 Å². The summed E-state index contributed by atoms with van der Waals surface area (Å²) in [6.45, 7) is 0. The Balaban J connectivity index is 0.000000454. The van der Waals surface area contributed by atoms with Crippen LogP contribution in [0.1, 0.15) is 17.5 Å². The third kappa shape index (κ3) is 4.69. The molecule has 0 aromatic heterocycles. The quantitative estimate of drug-likeness (QED) is 0.587. The Morgan fingerprint density at radius 2 is 1.72 bits per heavy atom. The molecular formula is C25H24F3N3O5. The van der Waals surface area contributed by atoms with Crippen molar-refractivity contribution in [3.63, 3.8) is 0 Å². The van der Waals surface area contributed by atoms with E-state index in [9.17, 15) is 23.1 Å². The smallest absolute Gasteiger partial charge is 0.490 e. The van der Waals surface area contributed by atoms with Crippen LogP contribution in [0, 0.1) is 0 Å². The SMILES string of the molecule is COC1(C2(c3ccc(O)cc3)N=C(N)N(C)C2=O)C=CC=C(c2ccccc2)C1.O=C(O)C(F)(F)F. The van der Waals surface area contributed by atoms with Gasteiger partial charge in [-0.3, -0.25) is 9.69 Å². The Labute approximate surface area is 204 Å². The number of aliphatic carboxylic acids is 1. The minimum atomic E-state index is -5.08. The summed E-state index contributed by atoms with van der Waals surface area (Å²) in [6, 6.07) is 16.4. The predicted molar refractivity (Wildman–Crippen MR) is 126 cm³/mol. The second kappa shape index (κ2) is 9.86. The van der Waals surface area contributed by atoms with E-state index >= 15 is 0 Å². The van der Waals surface area contributed by atoms with Crippen molar-refractivity contribution in [1.82, 2.24) is 4.90 Å². The number of nitrogens with two attached hydrogens (primary N) is 1. The molecule has 2 aromatic carbocycles. The lowest BCUT2D eigenvalue weighted by Crippen LogP contribution is -2.57. The number of nitrogens with zero attached hydrogens (tertiary/aromatic N) is 2. The highest BCUT2D eigenvalue weighted by Crippen LogP contribution is 2.50. The van der Waals surface area contributed by atoms with E-state index < -0.39 is 23.3 Å². The minimum Gasteiger partial charge on any atom is -0.508 e. The molecule has 2 atom stereocenters. The molecule has 0 fully saturated rings. The Hall–Kier alpha value is -4.12. The van der Waals surface area contributed by atoms with Crippen LogP contribution in [-0.4, -0.2) is 58.9 Å². The number of benzene rings is 2. The lowest BCUT2D eigenvalue weighted by molar-refractivity contribution is -0.192. The molecule has 190 valence electrons. The number of guanidine groups is 1. The number of allylic oxidation sites excluding steroid dienone is 2. The van der Waals surface area contributed by atoms with Crippen LogP contribution >= 0.6 is 0 Å². The number of alkyl halides is 3. The van der Waals surface area contributed by atoms with Gasteiger partial charge in [0.2, 0.25) is 5.54 Å². The normalized spacial score (nSPS) is 23.5. The van der Waals surface area contributed by atoms with Gasteiger partial charge in [0.05, 0.1) is 0 Å². The van der Waals surface area contributed by atoms with E-state index in [1.54, 1.807) is 26.3 Å². The van der Waals surface area contributed by atoms with Gasteiger partial charge >= 0.3 is 12.1 Å². The molecule has 0 spiro atoms. The second-order valence-electron chi connectivity index (χ2n) is 8.08. The molecule has 4 N–H and O–H groups in total. The number of methoxy groups -OCH3 is 1. The zero-order chi connectivity index (χ0) is 26.7. The lowest BCUT2D eigenvalue weighted by atomic mass is 9.68. The highest BCUT2D eigenvalue weighted by molar-refractivity contribution is 6.08. The maximum atomic E-state index is 13.6. The Morgan fingerprint density at radius 1 is 1.14 bits per heavy atom. The number of carboxylic acids is 1. The maximum Gasteiger partial charge on any atom is 0.490 e. The van der Waals surface area contributed by atoms with E-state index in [1.165, 1.54) is 17.0 Å². The average Bonchev–Trinajstić information content (AvgIpc) is 3.10. The summed E-state index contributed by atoms with van der Waals surface area (Å²) in [6.07, 6.45) is 1.14. The van der Waals surface area contributed by atoms with Gasteiger partial charge in [-0.1, -0.05) is 54.6 Å². The Bertz CT molecular complexity index is 1230. The number of rotatable bonds is 4. The molecule has 2 unspecified atom stereocenters. The maximum absolute atomic E-state index is 13.6. The number of halogens is 3. The molecule has 0 radical (unpaired) electrons. The number of aliphatic imine (C=N–C) groups is 1. The number of aromatic hydroxyl groups is 1. The van der Waals surface area contributed by atoms with E-state index in [4.69, 9.17) is 20.4 Å². The highest BCUT2D eigenvalue weighted by atomic mass is 19.4. The van der Waals surface area contributed by atoms with Crippen molar-refractivity contribution in [2.45, 2.75) is 23.7 Å². The van der Waals surface area contributed by atoms with E-state index in [-0.39, 0.29) is 17.6 Å². The molecule has 4 rings (SSSR count). The van der Waals surface area contributed by atoms with Gasteiger partial charge in [-0.15, -0.1) is 0 Å². The van der Waals surface area contributed by atoms with E-state index in [1.807, 2.05) is 48.6 Å². The van der Waals surface area contributed by atoms with Crippen LogP contribution < -0.4 is 5.73 Å². The Kier molecular flexibility index (Phi) is 7.25. The first-order valence-electron chi connectivity index (χ1n) is 10.6. The van der Waals surface area contributed by atoms with Gasteiger partial charge in [-0.25, -0.2) is 9.79 Å². The van der Waals surface area contributed by atoms with Crippen molar-refractivity contribution in [3.8, 4) is 5.75 Å². The number of phenolic OH excluding ortho intramolecular Hbond substituents is 1. The summed E-state index contributed by atoms with van der Waals surface area (Å²) in [5, 5.41) is 16.9. The van der Waals surface area contributed by atoms with Crippen molar-refractivity contribution < 1.29 is 37.7 Å². The van der Waals surface area contributed by atoms with Crippen molar-refractivity contribution in [1.29, 1.82) is 0 Å². The fourth-order valence-corrected chi connectivity index (χ4v) is 4.16. The van der Waals surface area contributed by atoms with Crippen molar-refractivity contribution in [2.24, 2.45) is 10.7 Å². The van der Waals surface area contributed by atoms with Gasteiger partial charge in [0.15, 0.2) is 5.96 Å². The number of ether oxygens (including phenoxy) is 1. The topological polar surface area (TPSA) is 125 Å². The standard InChI is InChI=1S/C23H23N3O3.C2HF3O2/c1-26-20(28)23(25-21(26)24,18-10-12-19(27)13-11-18)22(29-2)14-6-9-17(15-22)16-7-4-3-5-8-16;3-2(4,5)1(6)7/h3-14,27H,15H2,1-2H3,(H2,24,25);(H,6,7). The van der Waals surface area contributed by atoms with E-state index in [2.05, 4.69) is 4.99 Å². The van der Waals surface area contributed by atoms with E-state index in [0.29, 0.717) is 12.0 Å². The molecule has 8 nitrogen and oxygen atoms in total. The monoisotopic (exact) mass is 503 g/mol. The first kappa shape index (κ1) is 26.5. The molecule has 0 saturated carbocycles. The first-order chi connectivity index (χ1) is 16.9. The summed E-state index contributed by atoms with van der Waals surface area (Å²) >= 11 is 0. The van der Waals surface area contributed by atoms with Crippen molar-refractivity contribution >= 4 is 23.4 Å². The van der Waals surface area contributed by atoms with Crippen LogP contribution in [0.4, 0.5) is 13.2 Å². The summed E-state index contributed by atoms with van der Waals surface area (Å²) in [4.78, 5) is 28.5. The van der Waals surface area contributed by atoms with Crippen LogP contribution in [0.5, 0.6) is 5.75 Å². The average molecular weight is 503 g/mol. The number of hydrogen-bond donors (Lipinski definition) is 3. The number of carbonyl (C=O) groups is 2. The molecular weight excluding hydrogens is 479 g/mol. The van der Waals surface area contributed by atoms with Crippen LogP contribution in [0.2, 0.25) is 0 Å². The molecule has 1 amide bonds. The summed E-state index contributed by atoms with van der Waals surface area (Å²) in [5.74, 6) is -2.80. The molecule has 1 aliphatic carbocycles. The molecule has 1 heterocycles. The molecule has 0 saturated heterocycles. The van der Waals surface area contributed by atoms with Crippen LogP contribution in [0.15, 0.2) is 77.8 Å². The first-order valence-corrected chi connectivity index (χ1v) is 10.6. The zero-order valence-electron chi connectivity index (χ0n) is 19.4. The summed E-state index contributed by atoms with van der Waals surface area (Å²) in [5.41, 5.74) is 6.29. The number of phenols is 1. The highest BCUT2D eigenvalue weighted by Gasteiger charge is 2.62. The molecule has 2 aromatic rings. The fourth-order valence-electron chi connectivity index (χ4n) is 4.16. The fraction of sp³-hybridized carbons (Fsp3) is 0.240. The number of hydrogen-bond acceptors (Lipinski definition) is 6. The third-order valence-electron chi connectivity index (χ3n) is 6.00. The molecule has 1 aliphatic heterocycles. The number of carboxylic acid groups (broad SMARTS) is 1. The number of likely N-dealkylation sites (N-methyl/N-ethyl adjacent to an activating group) is 1. The number of amides is 1. The van der Waals surface area contributed by atoms with Gasteiger partial charge in [0.1, 0.15) is 11.4 Å². The van der Waals surface area contributed by atoms with Gasteiger partial charge in [0, 0.05) is 20.6 Å². The van der Waals surface area contributed by atoms with Crippen LogP contribution in [-0.2, 0) is 19.9 Å². The third-order valence-corrected chi connectivity index (χ3v) is 6.00. The molecule has 36 heavy (non-hydrogen) atoms. The minimum absolute atomic E-state index is 0.107. The Morgan fingerprint density at radius 3 is 2.19 bits per heavy atom. The van der Waals surface area contributed by atoms with Gasteiger partial charge in [-0.2, -0.15) is 13.2 Å². The zero-order valence-corrected chi connectivity index (χ0v) is 19.4. The van der Waals surface area contributed by atoms with Crippen LogP contribution in [0.3, 0.4) is 0 Å². The molecule has 2 aliphatic rings. The van der Waals surface area contributed by atoms with Crippen molar-refractivity contribution in [2.75, 3.05) is 14.2 Å². The predicted octanol–water partition coefficient (Wildman–Crippen LogP) is 3.44. The second-order valence-corrected chi connectivity index (χ2v) is 8.08. The van der Waals surface area contributed by atoms with Crippen LogP contribution in [0.25, 0.3) is 5.57 Å². The largest absolute Gasteiger partial charge is 0.508 e. The molecule has 11 heteroatoms. The van der Waals surface area contributed by atoms with Gasteiger partial charge in [0.25, 0.3) is 5.91 Å². The van der Waals surface area contributed by atoms with E-state index in [0.717, 1.165) is 11.1 Å². The number of carbonyl (C=O) groups excluding carboxylic acids is 1. The summed E-state index contributed by atoms with van der Waals surface area (Å²) < 4.78 is 37.8. The molecule has 0 bridgehead atoms. The van der Waals surface area contributed by atoms with Crippen molar-refractivity contribution in [3.05, 3.63) is 84.0 Å². The lowest BCUT2D eigenvalue weighted by Gasteiger charge is -2.44. The summed E-state index contributed by atoms with van der Waals surface area (Å²) in [7, 11) is 3.19.